The van der Waals surface area contributed by atoms with Gasteiger partial charge in [-0.2, -0.15) is 0 Å². The first-order valence-corrected chi connectivity index (χ1v) is 3.18. The van der Waals surface area contributed by atoms with Crippen LogP contribution < -0.4 is 51.4 Å². The molecule has 13 heavy (non-hydrogen) atoms. The SMILES string of the molecule is O=C1[N-]C(=O)c2ccccc21.[K+].[K]. The van der Waals surface area contributed by atoms with Crippen LogP contribution in [0.4, 0.5) is 0 Å². The fourth-order valence-electron chi connectivity index (χ4n) is 1.07. The minimum absolute atomic E-state index is 0. The van der Waals surface area contributed by atoms with E-state index >= 15 is 0 Å². The third-order valence-electron chi connectivity index (χ3n) is 1.59. The van der Waals surface area contributed by atoms with Gasteiger partial charge in [0.2, 0.25) is 0 Å². The van der Waals surface area contributed by atoms with E-state index in [9.17, 15) is 9.59 Å². The van der Waals surface area contributed by atoms with Crippen molar-refractivity contribution < 1.29 is 61.0 Å². The monoisotopic (exact) mass is 224 g/mol. The third-order valence-corrected chi connectivity index (χ3v) is 1.59. The first-order valence-electron chi connectivity index (χ1n) is 3.18. The zero-order chi connectivity index (χ0) is 7.84. The number of fused-ring (bicyclic) bond motifs is 1. The maximum absolute atomic E-state index is 10.9. The summed E-state index contributed by atoms with van der Waals surface area (Å²) in [4.78, 5) is 21.8. The molecule has 0 unspecified atom stereocenters. The molecular weight excluding hydrogens is 220 g/mol. The Morgan fingerprint density at radius 3 is 1.69 bits per heavy atom. The van der Waals surface area contributed by atoms with Gasteiger partial charge in [0.25, 0.3) is 0 Å². The molecule has 3 nitrogen and oxygen atoms in total. The second kappa shape index (κ2) is 6.27. The van der Waals surface area contributed by atoms with Crippen molar-refractivity contribution in [2.24, 2.45) is 0 Å². The molecule has 1 heterocycles. The summed E-state index contributed by atoms with van der Waals surface area (Å²) >= 11 is 0. The Labute approximate surface area is 161 Å². The molecule has 0 spiro atoms. The smallest absolute Gasteiger partial charge is 0.587 e. The Balaban J connectivity index is 0.000000720. The Hall–Kier alpha value is 1.63. The van der Waals surface area contributed by atoms with Crippen LogP contribution in [-0.2, 0) is 0 Å². The average Bonchev–Trinajstić information content (AvgIpc) is 2.30. The van der Waals surface area contributed by atoms with Crippen LogP contribution in [0.15, 0.2) is 24.3 Å². The first kappa shape index (κ1) is 14.6. The van der Waals surface area contributed by atoms with E-state index in [0.29, 0.717) is 11.1 Å². The quantitative estimate of drug-likeness (QED) is 0.377. The molecule has 0 bridgehead atoms. The number of nitrogens with zero attached hydrogens (tertiary/aromatic N) is 1. The summed E-state index contributed by atoms with van der Waals surface area (Å²) in [5, 5.41) is 3.28. The number of imide groups is 1. The molecule has 1 aromatic rings. The average molecular weight is 224 g/mol. The topological polar surface area (TPSA) is 48.2 Å². The molecule has 2 rings (SSSR count). The van der Waals surface area contributed by atoms with Crippen LogP contribution in [0.25, 0.3) is 5.32 Å². The van der Waals surface area contributed by atoms with Crippen molar-refractivity contribution >= 4 is 63.2 Å². The van der Waals surface area contributed by atoms with E-state index in [1.54, 1.807) is 24.3 Å². The molecule has 0 aliphatic carbocycles. The van der Waals surface area contributed by atoms with Crippen LogP contribution in [0.1, 0.15) is 20.7 Å². The molecular formula is C8H4K2NO2. The number of carbonyl (C=O) groups is 2. The van der Waals surface area contributed by atoms with Gasteiger partial charge < -0.3 is 14.9 Å². The molecule has 0 atom stereocenters. The van der Waals surface area contributed by atoms with Crippen molar-refractivity contribution in [3.8, 4) is 0 Å². The van der Waals surface area contributed by atoms with Crippen molar-refractivity contribution in [1.82, 2.24) is 0 Å². The van der Waals surface area contributed by atoms with Gasteiger partial charge in [-0.15, -0.1) is 0 Å². The summed E-state index contributed by atoms with van der Waals surface area (Å²) in [6, 6.07) is 6.63. The van der Waals surface area contributed by atoms with Gasteiger partial charge >= 0.3 is 51.4 Å². The second-order valence-corrected chi connectivity index (χ2v) is 2.27. The molecule has 1 aliphatic heterocycles. The van der Waals surface area contributed by atoms with E-state index in [0.717, 1.165) is 0 Å². The van der Waals surface area contributed by atoms with Crippen LogP contribution in [-0.4, -0.2) is 63.2 Å². The van der Waals surface area contributed by atoms with Gasteiger partial charge in [0.15, 0.2) is 0 Å². The fourth-order valence-corrected chi connectivity index (χ4v) is 1.07. The van der Waals surface area contributed by atoms with Crippen LogP contribution in [0, 0.1) is 0 Å². The zero-order valence-electron chi connectivity index (χ0n) is 7.57. The maximum Gasteiger partial charge on any atom is 1.00 e. The predicted octanol–water partition coefficient (Wildman–Crippen LogP) is -2.02. The molecule has 55 valence electrons. The second-order valence-electron chi connectivity index (χ2n) is 2.27. The summed E-state index contributed by atoms with van der Waals surface area (Å²) in [5.74, 6) is -0.851. The molecule has 0 saturated heterocycles. The summed E-state index contributed by atoms with van der Waals surface area (Å²) < 4.78 is 0. The number of hydrogen-bond donors (Lipinski definition) is 0. The van der Waals surface area contributed by atoms with Crippen molar-refractivity contribution in [2.45, 2.75) is 0 Å². The molecule has 0 aromatic heterocycles. The van der Waals surface area contributed by atoms with E-state index < -0.39 is 11.8 Å². The van der Waals surface area contributed by atoms with E-state index in [4.69, 9.17) is 0 Å². The Bertz CT molecular complexity index is 319. The predicted molar refractivity (Wildman–Crippen MR) is 44.2 cm³/mol. The van der Waals surface area contributed by atoms with Gasteiger partial charge in [0, 0.05) is 62.5 Å². The minimum Gasteiger partial charge on any atom is -0.587 e. The van der Waals surface area contributed by atoms with Crippen LogP contribution in [0.5, 0.6) is 0 Å². The summed E-state index contributed by atoms with van der Waals surface area (Å²) in [6.07, 6.45) is 0. The fraction of sp³-hybridized carbons (Fsp3) is 0. The van der Waals surface area contributed by atoms with Crippen molar-refractivity contribution in [3.05, 3.63) is 40.7 Å². The molecule has 1 radical (unpaired) electrons. The number of benzene rings is 1. The van der Waals surface area contributed by atoms with Crippen LogP contribution >= 0.6 is 0 Å². The van der Waals surface area contributed by atoms with Gasteiger partial charge in [-0.1, -0.05) is 24.3 Å². The van der Waals surface area contributed by atoms with Crippen molar-refractivity contribution in [2.75, 3.05) is 0 Å². The van der Waals surface area contributed by atoms with E-state index in [-0.39, 0.29) is 103 Å². The van der Waals surface area contributed by atoms with Gasteiger partial charge in [-0.05, 0) is 0 Å². The number of amides is 2. The maximum atomic E-state index is 10.9. The van der Waals surface area contributed by atoms with Crippen LogP contribution in [0.3, 0.4) is 0 Å². The van der Waals surface area contributed by atoms with E-state index in [1.807, 2.05) is 0 Å². The number of rotatable bonds is 0. The summed E-state index contributed by atoms with van der Waals surface area (Å²) in [6.45, 7) is 0. The molecule has 2 amide bonds. The largest absolute Gasteiger partial charge is 1.00 e. The molecule has 0 saturated carbocycles. The third kappa shape index (κ3) is 3.04. The molecule has 0 N–H and O–H groups in total. The number of hydrogen-bond acceptors (Lipinski definition) is 2. The van der Waals surface area contributed by atoms with Gasteiger partial charge in [0.1, 0.15) is 0 Å². The summed E-state index contributed by atoms with van der Waals surface area (Å²) in [7, 11) is 0. The molecule has 1 aliphatic rings. The summed E-state index contributed by atoms with van der Waals surface area (Å²) in [5.41, 5.74) is 0.829. The Morgan fingerprint density at radius 2 is 1.31 bits per heavy atom. The van der Waals surface area contributed by atoms with E-state index in [2.05, 4.69) is 5.32 Å². The van der Waals surface area contributed by atoms with Gasteiger partial charge in [-0.25, -0.2) is 0 Å². The van der Waals surface area contributed by atoms with E-state index in [1.165, 1.54) is 0 Å². The standard InChI is InChI=1S/C8H5NO2.2K/c10-7-5-3-1-2-4-6(5)8(11)9-7;;/h1-4H,(H,9,10,11);;/q;;+1/p-1. The Kier molecular flexibility index (Phi) is 7.05. The Morgan fingerprint density at radius 1 is 0.923 bits per heavy atom. The van der Waals surface area contributed by atoms with Crippen LogP contribution in [0.2, 0.25) is 0 Å². The molecule has 0 fully saturated rings. The van der Waals surface area contributed by atoms with Gasteiger partial charge in [-0.3, -0.25) is 0 Å². The zero-order valence-corrected chi connectivity index (χ0v) is 13.8. The number of carbonyl (C=O) groups excluding carboxylic acids is 2. The van der Waals surface area contributed by atoms with Crippen molar-refractivity contribution in [1.29, 1.82) is 0 Å². The minimum atomic E-state index is -0.425. The normalized spacial score (nSPS) is 12.3. The molecule has 5 heteroatoms. The first-order chi connectivity index (χ1) is 5.29. The molecule has 1 aromatic carbocycles. The van der Waals surface area contributed by atoms with Crippen molar-refractivity contribution in [3.63, 3.8) is 0 Å². The van der Waals surface area contributed by atoms with Gasteiger partial charge in [0.05, 0.1) is 11.8 Å².